The molecule has 0 radical (unpaired) electrons. The lowest BCUT2D eigenvalue weighted by molar-refractivity contribution is 0.00989. The second kappa shape index (κ2) is 14.8. The normalized spacial score (nSPS) is 15.2. The molecule has 6 nitrogen and oxygen atoms in total. The minimum Gasteiger partial charge on any atom is -0.492 e. The van der Waals surface area contributed by atoms with E-state index in [1.165, 1.54) is 12.1 Å². The average molecular weight is 509 g/mol. The Labute approximate surface area is 184 Å². The van der Waals surface area contributed by atoms with Crippen LogP contribution < -0.4 is 10.1 Å². The van der Waals surface area contributed by atoms with Crippen molar-refractivity contribution >= 4 is 29.9 Å². The Kier molecular flexibility index (Phi) is 13.2. The third kappa shape index (κ3) is 9.38. The second-order valence-corrected chi connectivity index (χ2v) is 6.45. The summed E-state index contributed by atoms with van der Waals surface area (Å²) in [6.07, 6.45) is 3.25. The molecule has 1 heterocycles. The van der Waals surface area contributed by atoms with Crippen molar-refractivity contribution in [2.75, 3.05) is 53.1 Å². The minimum atomic E-state index is -0.295. The molecule has 0 spiro atoms. The van der Waals surface area contributed by atoms with Gasteiger partial charge in [0.05, 0.1) is 12.6 Å². The highest BCUT2D eigenvalue weighted by Gasteiger charge is 2.21. The van der Waals surface area contributed by atoms with Crippen molar-refractivity contribution in [2.45, 2.75) is 32.3 Å². The Balaban J connectivity index is 0.00000392. The molecule has 28 heavy (non-hydrogen) atoms. The summed E-state index contributed by atoms with van der Waals surface area (Å²) >= 11 is 0. The Bertz CT molecular complexity index is 569. The summed E-state index contributed by atoms with van der Waals surface area (Å²) < 4.78 is 29.7. The largest absolute Gasteiger partial charge is 0.492 e. The number of rotatable bonds is 10. The Morgan fingerprint density at radius 3 is 2.71 bits per heavy atom. The smallest absolute Gasteiger partial charge is 0.194 e. The molecule has 1 N–H and O–H groups in total. The van der Waals surface area contributed by atoms with E-state index in [1.807, 2.05) is 0 Å². The number of piperidine rings is 1. The average Bonchev–Trinajstić information content (AvgIpc) is 2.68. The second-order valence-electron chi connectivity index (χ2n) is 6.45. The first kappa shape index (κ1) is 24.9. The number of ether oxygens (including phenoxy) is 3. The molecule has 0 saturated carbocycles. The van der Waals surface area contributed by atoms with Gasteiger partial charge in [-0.15, -0.1) is 24.0 Å². The van der Waals surface area contributed by atoms with Crippen LogP contribution in [0.4, 0.5) is 4.39 Å². The predicted octanol–water partition coefficient (Wildman–Crippen LogP) is 3.31. The van der Waals surface area contributed by atoms with Crippen LogP contribution in [-0.4, -0.2) is 70.1 Å². The maximum absolute atomic E-state index is 13.2. The van der Waals surface area contributed by atoms with Crippen molar-refractivity contribution in [3.63, 3.8) is 0 Å². The van der Waals surface area contributed by atoms with Gasteiger partial charge in [0.25, 0.3) is 0 Å². The molecular formula is C20H33FIN3O3. The molecule has 1 saturated heterocycles. The van der Waals surface area contributed by atoms with Crippen LogP contribution in [0.2, 0.25) is 0 Å². The first-order valence-corrected chi connectivity index (χ1v) is 9.75. The standard InChI is InChI=1S/C20H32FN3O3.HI/c1-3-22-20(23-10-15-27-19-7-4-6-17(21)16-19)24-11-8-18(9-12-24)26-14-5-13-25-2;/h4,6-7,16,18H,3,5,8-15H2,1-2H3,(H,22,23);1H. The molecule has 1 fully saturated rings. The number of likely N-dealkylation sites (tertiary alicyclic amines) is 1. The highest BCUT2D eigenvalue weighted by atomic mass is 127. The maximum Gasteiger partial charge on any atom is 0.194 e. The molecule has 1 aromatic carbocycles. The first-order valence-electron chi connectivity index (χ1n) is 9.75. The van der Waals surface area contributed by atoms with Gasteiger partial charge in [0, 0.05) is 46.0 Å². The van der Waals surface area contributed by atoms with Crippen LogP contribution in [0.1, 0.15) is 26.2 Å². The number of nitrogens with zero attached hydrogens (tertiary/aromatic N) is 2. The van der Waals surface area contributed by atoms with Crippen LogP contribution in [0.15, 0.2) is 29.3 Å². The van der Waals surface area contributed by atoms with E-state index in [2.05, 4.69) is 22.1 Å². The van der Waals surface area contributed by atoms with Crippen molar-refractivity contribution in [3.05, 3.63) is 30.1 Å². The molecule has 0 amide bonds. The van der Waals surface area contributed by atoms with E-state index in [9.17, 15) is 4.39 Å². The third-order valence-electron chi connectivity index (χ3n) is 4.34. The quantitative estimate of drug-likeness (QED) is 0.227. The molecule has 0 aromatic heterocycles. The van der Waals surface area contributed by atoms with Crippen molar-refractivity contribution in [1.82, 2.24) is 10.2 Å². The number of aliphatic imine (C=N–C) groups is 1. The molecule has 0 atom stereocenters. The summed E-state index contributed by atoms with van der Waals surface area (Å²) in [5, 5.41) is 3.34. The highest BCUT2D eigenvalue weighted by Crippen LogP contribution is 2.14. The summed E-state index contributed by atoms with van der Waals surface area (Å²) in [6.45, 7) is 7.15. The van der Waals surface area contributed by atoms with E-state index < -0.39 is 0 Å². The van der Waals surface area contributed by atoms with Gasteiger partial charge in [0.1, 0.15) is 18.2 Å². The fourth-order valence-electron chi connectivity index (χ4n) is 2.99. The molecule has 1 aliphatic heterocycles. The first-order chi connectivity index (χ1) is 13.2. The van der Waals surface area contributed by atoms with E-state index in [4.69, 9.17) is 14.2 Å². The minimum absolute atomic E-state index is 0. The number of benzene rings is 1. The Morgan fingerprint density at radius 2 is 2.04 bits per heavy atom. The van der Waals surface area contributed by atoms with Crippen LogP contribution in [0, 0.1) is 5.82 Å². The van der Waals surface area contributed by atoms with Gasteiger partial charge in [-0.1, -0.05) is 6.07 Å². The molecular weight excluding hydrogens is 476 g/mol. The molecule has 0 unspecified atom stereocenters. The fourth-order valence-corrected chi connectivity index (χ4v) is 2.99. The van der Waals surface area contributed by atoms with E-state index in [0.29, 0.717) is 25.0 Å². The van der Waals surface area contributed by atoms with Gasteiger partial charge < -0.3 is 24.4 Å². The van der Waals surface area contributed by atoms with E-state index >= 15 is 0 Å². The summed E-state index contributed by atoms with van der Waals surface area (Å²) in [5.74, 6) is 1.14. The summed E-state index contributed by atoms with van der Waals surface area (Å²) in [4.78, 5) is 6.91. The molecule has 1 aliphatic rings. The monoisotopic (exact) mass is 509 g/mol. The molecule has 2 rings (SSSR count). The zero-order chi connectivity index (χ0) is 19.3. The number of halogens is 2. The zero-order valence-corrected chi connectivity index (χ0v) is 19.2. The number of hydrogen-bond donors (Lipinski definition) is 1. The lowest BCUT2D eigenvalue weighted by atomic mass is 10.1. The van der Waals surface area contributed by atoms with Gasteiger partial charge in [-0.05, 0) is 38.3 Å². The van der Waals surface area contributed by atoms with Crippen LogP contribution in [0.5, 0.6) is 5.75 Å². The van der Waals surface area contributed by atoms with Gasteiger partial charge in [-0.25, -0.2) is 9.38 Å². The summed E-state index contributed by atoms with van der Waals surface area (Å²) in [7, 11) is 1.71. The van der Waals surface area contributed by atoms with Gasteiger partial charge >= 0.3 is 0 Å². The van der Waals surface area contributed by atoms with Crippen molar-refractivity contribution < 1.29 is 18.6 Å². The number of guanidine groups is 1. The SMILES string of the molecule is CCNC(=NCCOc1cccc(F)c1)N1CCC(OCCCOC)CC1.I. The van der Waals surface area contributed by atoms with E-state index in [1.54, 1.807) is 19.2 Å². The Hall–Kier alpha value is -1.13. The fraction of sp³-hybridized carbons (Fsp3) is 0.650. The van der Waals surface area contributed by atoms with E-state index in [-0.39, 0.29) is 29.8 Å². The van der Waals surface area contributed by atoms with Crippen LogP contribution in [-0.2, 0) is 9.47 Å². The van der Waals surface area contributed by atoms with Gasteiger partial charge in [0.15, 0.2) is 5.96 Å². The summed E-state index contributed by atoms with van der Waals surface area (Å²) in [5.41, 5.74) is 0. The van der Waals surface area contributed by atoms with Crippen LogP contribution >= 0.6 is 24.0 Å². The predicted molar refractivity (Wildman–Crippen MR) is 120 cm³/mol. The third-order valence-corrected chi connectivity index (χ3v) is 4.34. The number of nitrogens with one attached hydrogen (secondary N) is 1. The topological polar surface area (TPSA) is 55.3 Å². The zero-order valence-electron chi connectivity index (χ0n) is 16.9. The molecule has 1 aromatic rings. The van der Waals surface area contributed by atoms with Gasteiger partial charge in [-0.2, -0.15) is 0 Å². The number of methoxy groups -OCH3 is 1. The summed E-state index contributed by atoms with van der Waals surface area (Å²) in [6, 6.07) is 6.17. The Morgan fingerprint density at radius 1 is 1.25 bits per heavy atom. The number of hydrogen-bond acceptors (Lipinski definition) is 4. The van der Waals surface area contributed by atoms with Crippen molar-refractivity contribution in [2.24, 2.45) is 4.99 Å². The molecule has 8 heteroatoms. The lowest BCUT2D eigenvalue weighted by Crippen LogP contribution is -2.47. The van der Waals surface area contributed by atoms with Crippen LogP contribution in [0.3, 0.4) is 0 Å². The van der Waals surface area contributed by atoms with Crippen LogP contribution in [0.25, 0.3) is 0 Å². The van der Waals surface area contributed by atoms with E-state index in [0.717, 1.165) is 58.1 Å². The lowest BCUT2D eigenvalue weighted by Gasteiger charge is -2.34. The van der Waals surface area contributed by atoms with Gasteiger partial charge in [-0.3, -0.25) is 0 Å². The highest BCUT2D eigenvalue weighted by molar-refractivity contribution is 14.0. The maximum atomic E-state index is 13.2. The van der Waals surface area contributed by atoms with Gasteiger partial charge in [0.2, 0.25) is 0 Å². The molecule has 0 bridgehead atoms. The molecule has 160 valence electrons. The molecule has 0 aliphatic carbocycles. The van der Waals surface area contributed by atoms with Crippen molar-refractivity contribution in [1.29, 1.82) is 0 Å². The van der Waals surface area contributed by atoms with Crippen molar-refractivity contribution in [3.8, 4) is 5.75 Å².